The number of rotatable bonds is 2. The van der Waals surface area contributed by atoms with Gasteiger partial charge in [-0.25, -0.2) is 4.90 Å². The highest BCUT2D eigenvalue weighted by Gasteiger charge is 2.39. The SMILES string of the molecule is O=C1NC(=O)c2ccc3c4c(ccc1c24)C(=O)N(c1ccccc1[N+](=O)[O-])C3=O. The monoisotopic (exact) mass is 387 g/mol. The first-order chi connectivity index (χ1) is 13.9. The number of anilines is 1. The lowest BCUT2D eigenvalue weighted by Gasteiger charge is -2.29. The molecular weight excluding hydrogens is 378 g/mol. The number of para-hydroxylation sites is 2. The normalized spacial score (nSPS) is 15.0. The van der Waals surface area contributed by atoms with Crippen LogP contribution < -0.4 is 10.2 Å². The number of hydrogen-bond donors (Lipinski definition) is 1. The first kappa shape index (κ1) is 16.8. The van der Waals surface area contributed by atoms with Crippen LogP contribution in [0.25, 0.3) is 10.8 Å². The van der Waals surface area contributed by atoms with Gasteiger partial charge in [0.1, 0.15) is 5.69 Å². The first-order valence-corrected chi connectivity index (χ1v) is 8.47. The summed E-state index contributed by atoms with van der Waals surface area (Å²) >= 11 is 0. The number of hydrogen-bond acceptors (Lipinski definition) is 6. The molecular formula is C20H9N3O6. The van der Waals surface area contributed by atoms with Crippen LogP contribution in [-0.2, 0) is 0 Å². The van der Waals surface area contributed by atoms with Crippen molar-refractivity contribution in [3.05, 3.63) is 80.9 Å². The van der Waals surface area contributed by atoms with Gasteiger partial charge in [0.2, 0.25) is 0 Å². The average molecular weight is 387 g/mol. The van der Waals surface area contributed by atoms with Crippen molar-refractivity contribution in [3.63, 3.8) is 0 Å². The number of carbonyl (C=O) groups is 4. The Morgan fingerprint density at radius 2 is 1.21 bits per heavy atom. The predicted molar refractivity (Wildman–Crippen MR) is 100.0 cm³/mol. The number of imide groups is 2. The lowest BCUT2D eigenvalue weighted by Crippen LogP contribution is -2.42. The standard InChI is InChI=1S/C20H9N3O6/c24-17-9-5-7-11-16-12(8-6-10(15(9)16)18(25)21-17)20(27)22(19(11)26)13-3-1-2-4-14(13)23(28)29/h1-8H,(H,21,24,25). The molecule has 0 fully saturated rings. The molecule has 29 heavy (non-hydrogen) atoms. The molecule has 0 bridgehead atoms. The summed E-state index contributed by atoms with van der Waals surface area (Å²) in [7, 11) is 0. The molecule has 9 nitrogen and oxygen atoms in total. The summed E-state index contributed by atoms with van der Waals surface area (Å²) in [4.78, 5) is 62.2. The van der Waals surface area contributed by atoms with Crippen LogP contribution >= 0.6 is 0 Å². The van der Waals surface area contributed by atoms with Crippen LogP contribution in [0.1, 0.15) is 41.4 Å². The average Bonchev–Trinajstić information content (AvgIpc) is 2.70. The molecule has 4 amide bonds. The van der Waals surface area contributed by atoms with E-state index in [4.69, 9.17) is 0 Å². The lowest BCUT2D eigenvalue weighted by atomic mass is 9.86. The third-order valence-electron chi connectivity index (χ3n) is 5.06. The fourth-order valence-corrected chi connectivity index (χ4v) is 3.83. The Kier molecular flexibility index (Phi) is 3.21. The molecule has 3 aromatic carbocycles. The highest BCUT2D eigenvalue weighted by Crippen LogP contribution is 2.39. The number of benzene rings is 3. The van der Waals surface area contributed by atoms with Gasteiger partial charge in [-0.3, -0.25) is 34.6 Å². The highest BCUT2D eigenvalue weighted by molar-refractivity contribution is 6.39. The fourth-order valence-electron chi connectivity index (χ4n) is 3.83. The Balaban J connectivity index is 1.82. The lowest BCUT2D eigenvalue weighted by molar-refractivity contribution is -0.384. The van der Waals surface area contributed by atoms with Crippen molar-refractivity contribution in [3.8, 4) is 0 Å². The van der Waals surface area contributed by atoms with Crippen LogP contribution in [0.5, 0.6) is 0 Å². The highest BCUT2D eigenvalue weighted by atomic mass is 16.6. The van der Waals surface area contributed by atoms with Crippen molar-refractivity contribution < 1.29 is 24.1 Å². The topological polar surface area (TPSA) is 127 Å². The van der Waals surface area contributed by atoms with E-state index in [1.807, 2.05) is 0 Å². The minimum atomic E-state index is -0.765. The van der Waals surface area contributed by atoms with E-state index in [1.165, 1.54) is 48.5 Å². The number of nitro benzene ring substituents is 1. The third kappa shape index (κ3) is 2.09. The number of nitrogens with one attached hydrogen (secondary N) is 1. The van der Waals surface area contributed by atoms with Crippen molar-refractivity contribution in [1.82, 2.24) is 5.32 Å². The third-order valence-corrected chi connectivity index (χ3v) is 5.06. The van der Waals surface area contributed by atoms with Crippen molar-refractivity contribution in [2.75, 3.05) is 4.90 Å². The second-order valence-electron chi connectivity index (χ2n) is 6.55. The maximum Gasteiger partial charge on any atom is 0.293 e. The van der Waals surface area contributed by atoms with Gasteiger partial charge in [-0.05, 0) is 30.3 Å². The molecule has 0 unspecified atom stereocenters. The maximum absolute atomic E-state index is 13.2. The van der Waals surface area contributed by atoms with E-state index >= 15 is 0 Å². The van der Waals surface area contributed by atoms with Gasteiger partial charge in [-0.1, -0.05) is 12.1 Å². The van der Waals surface area contributed by atoms with E-state index in [-0.39, 0.29) is 38.7 Å². The van der Waals surface area contributed by atoms with E-state index in [2.05, 4.69) is 5.32 Å². The Labute approximate surface area is 161 Å². The number of carbonyl (C=O) groups excluding carboxylic acids is 4. The summed E-state index contributed by atoms with van der Waals surface area (Å²) in [5.74, 6) is -2.77. The molecule has 140 valence electrons. The van der Waals surface area contributed by atoms with E-state index in [0.29, 0.717) is 0 Å². The molecule has 0 aromatic heterocycles. The molecule has 9 heteroatoms. The molecule has 1 N–H and O–H groups in total. The summed E-state index contributed by atoms with van der Waals surface area (Å²) in [5.41, 5.74) is -0.0141. The first-order valence-electron chi connectivity index (χ1n) is 8.47. The van der Waals surface area contributed by atoms with Crippen molar-refractivity contribution in [2.24, 2.45) is 0 Å². The Hall–Kier alpha value is -4.40. The molecule has 0 radical (unpaired) electrons. The largest absolute Gasteiger partial charge is 0.293 e. The van der Waals surface area contributed by atoms with Crippen LogP contribution in [0.15, 0.2) is 48.5 Å². The molecule has 5 rings (SSSR count). The van der Waals surface area contributed by atoms with Crippen molar-refractivity contribution in [2.45, 2.75) is 0 Å². The summed E-state index contributed by atoms with van der Waals surface area (Å²) in [5, 5.41) is 14.0. The van der Waals surface area contributed by atoms with Crippen LogP contribution in [0.3, 0.4) is 0 Å². The van der Waals surface area contributed by atoms with Crippen LogP contribution in [-0.4, -0.2) is 28.6 Å². The summed E-state index contributed by atoms with van der Waals surface area (Å²) in [6.45, 7) is 0. The summed E-state index contributed by atoms with van der Waals surface area (Å²) in [6.07, 6.45) is 0. The van der Waals surface area contributed by atoms with Gasteiger partial charge in [-0.15, -0.1) is 0 Å². The Morgan fingerprint density at radius 1 is 0.724 bits per heavy atom. The zero-order chi connectivity index (χ0) is 20.4. The maximum atomic E-state index is 13.2. The van der Waals surface area contributed by atoms with Gasteiger partial charge >= 0.3 is 0 Å². The van der Waals surface area contributed by atoms with Gasteiger partial charge in [-0.2, -0.15) is 0 Å². The van der Waals surface area contributed by atoms with Crippen LogP contribution in [0.4, 0.5) is 11.4 Å². The predicted octanol–water partition coefficient (Wildman–Crippen LogP) is 2.43. The Bertz CT molecular complexity index is 1270. The Morgan fingerprint density at radius 3 is 1.76 bits per heavy atom. The van der Waals surface area contributed by atoms with E-state index < -0.39 is 34.2 Å². The van der Waals surface area contributed by atoms with Crippen molar-refractivity contribution >= 4 is 45.8 Å². The minimum absolute atomic E-state index is 0.0841. The van der Waals surface area contributed by atoms with Gasteiger partial charge in [0.05, 0.1) is 4.92 Å². The molecule has 2 aliphatic rings. The van der Waals surface area contributed by atoms with E-state index in [9.17, 15) is 29.3 Å². The number of nitrogens with zero attached hydrogens (tertiary/aromatic N) is 2. The zero-order valence-electron chi connectivity index (χ0n) is 14.5. The van der Waals surface area contributed by atoms with Gasteiger partial charge in [0, 0.05) is 39.1 Å². The molecule has 0 atom stereocenters. The van der Waals surface area contributed by atoms with Crippen molar-refractivity contribution in [1.29, 1.82) is 0 Å². The zero-order valence-corrected chi connectivity index (χ0v) is 14.5. The molecule has 3 aromatic rings. The quantitative estimate of drug-likeness (QED) is 0.409. The molecule has 0 aliphatic carbocycles. The van der Waals surface area contributed by atoms with Gasteiger partial charge < -0.3 is 0 Å². The second-order valence-corrected chi connectivity index (χ2v) is 6.55. The molecule has 0 saturated carbocycles. The fraction of sp³-hybridized carbons (Fsp3) is 0. The number of nitro groups is 1. The van der Waals surface area contributed by atoms with Crippen LogP contribution in [0, 0.1) is 10.1 Å². The summed E-state index contributed by atoms with van der Waals surface area (Å²) < 4.78 is 0. The van der Waals surface area contributed by atoms with Gasteiger partial charge in [0.15, 0.2) is 0 Å². The van der Waals surface area contributed by atoms with Gasteiger partial charge in [0.25, 0.3) is 29.3 Å². The smallest absolute Gasteiger partial charge is 0.288 e. The summed E-state index contributed by atoms with van der Waals surface area (Å²) in [6, 6.07) is 11.0. The number of amides is 4. The molecule has 0 saturated heterocycles. The molecule has 2 aliphatic heterocycles. The van der Waals surface area contributed by atoms with E-state index in [0.717, 1.165) is 4.90 Å². The molecule has 0 spiro atoms. The molecule has 2 heterocycles. The second kappa shape index (κ2) is 5.55. The van der Waals surface area contributed by atoms with E-state index in [1.54, 1.807) is 0 Å². The van der Waals surface area contributed by atoms with Crippen LogP contribution in [0.2, 0.25) is 0 Å². The minimum Gasteiger partial charge on any atom is -0.288 e.